The molecule has 134 valence electrons. The number of aromatic nitrogens is 5. The van der Waals surface area contributed by atoms with Crippen LogP contribution in [-0.4, -0.2) is 48.0 Å². The molecule has 0 bridgehead atoms. The van der Waals surface area contributed by atoms with E-state index in [4.69, 9.17) is 0 Å². The van der Waals surface area contributed by atoms with Gasteiger partial charge in [0.1, 0.15) is 10.7 Å². The monoisotopic (exact) mass is 368 g/mol. The molecule has 1 atom stereocenters. The summed E-state index contributed by atoms with van der Waals surface area (Å²) in [6.07, 6.45) is 9.47. The Morgan fingerprint density at radius 3 is 2.92 bits per heavy atom. The number of carbonyl (C=O) groups is 1. The molecule has 8 heteroatoms. The first-order chi connectivity index (χ1) is 12.7. The van der Waals surface area contributed by atoms with Crippen molar-refractivity contribution in [3.8, 4) is 0 Å². The Kier molecular flexibility index (Phi) is 4.75. The highest BCUT2D eigenvalue weighted by atomic mass is 32.1. The predicted molar refractivity (Wildman–Crippen MR) is 98.1 cm³/mol. The molecular formula is C18H20N6OS. The number of nitrogens with zero attached hydrogens (tertiary/aromatic N) is 6. The van der Waals surface area contributed by atoms with Crippen LogP contribution in [0.2, 0.25) is 0 Å². The van der Waals surface area contributed by atoms with Crippen molar-refractivity contribution in [1.82, 2.24) is 29.0 Å². The fourth-order valence-corrected chi connectivity index (χ4v) is 4.07. The number of carbonyl (C=O) groups excluding carboxylic acids is 1. The van der Waals surface area contributed by atoms with E-state index in [2.05, 4.69) is 24.1 Å². The summed E-state index contributed by atoms with van der Waals surface area (Å²) in [5.41, 5.74) is 1.90. The molecular weight excluding hydrogens is 348 g/mol. The topological polar surface area (TPSA) is 76.8 Å². The van der Waals surface area contributed by atoms with Crippen LogP contribution in [-0.2, 0) is 6.54 Å². The molecule has 4 rings (SSSR count). The lowest BCUT2D eigenvalue weighted by Crippen LogP contribution is -2.39. The molecule has 0 N–H and O–H groups in total. The number of rotatable bonds is 4. The number of likely N-dealkylation sites (tertiary alicyclic amines) is 1. The minimum atomic E-state index is 0.0365. The number of pyridine rings is 1. The molecule has 26 heavy (non-hydrogen) atoms. The standard InChI is InChI=1S/C18H20N6OS/c1-13-16(26-22-21-13)18(25)24-9-2-3-15(12-24)17-20-8-10-23(17)11-14-4-6-19-7-5-14/h4-8,10,15H,2-3,9,11-12H2,1H3. The van der Waals surface area contributed by atoms with E-state index < -0.39 is 0 Å². The third kappa shape index (κ3) is 3.37. The second-order valence-electron chi connectivity index (χ2n) is 6.55. The lowest BCUT2D eigenvalue weighted by atomic mass is 9.96. The van der Waals surface area contributed by atoms with Crippen molar-refractivity contribution in [3.05, 3.63) is 58.9 Å². The van der Waals surface area contributed by atoms with Gasteiger partial charge < -0.3 is 9.47 Å². The first kappa shape index (κ1) is 16.8. The van der Waals surface area contributed by atoms with Crippen LogP contribution < -0.4 is 0 Å². The zero-order chi connectivity index (χ0) is 17.9. The lowest BCUT2D eigenvalue weighted by Gasteiger charge is -2.32. The van der Waals surface area contributed by atoms with Crippen LogP contribution in [0.5, 0.6) is 0 Å². The lowest BCUT2D eigenvalue weighted by molar-refractivity contribution is 0.0707. The molecule has 1 aliphatic rings. The van der Waals surface area contributed by atoms with Crippen LogP contribution in [0.1, 0.15) is 45.5 Å². The Labute approximate surface area is 155 Å². The molecule has 7 nitrogen and oxygen atoms in total. The molecule has 1 fully saturated rings. The van der Waals surface area contributed by atoms with Crippen molar-refractivity contribution in [2.75, 3.05) is 13.1 Å². The van der Waals surface area contributed by atoms with E-state index in [-0.39, 0.29) is 11.8 Å². The highest BCUT2D eigenvalue weighted by Gasteiger charge is 2.29. The molecule has 4 heterocycles. The van der Waals surface area contributed by atoms with Crippen LogP contribution in [0.15, 0.2) is 36.9 Å². The van der Waals surface area contributed by atoms with Crippen molar-refractivity contribution in [2.45, 2.75) is 32.2 Å². The summed E-state index contributed by atoms with van der Waals surface area (Å²) in [6.45, 7) is 4.06. The number of hydrogen-bond acceptors (Lipinski definition) is 6. The minimum Gasteiger partial charge on any atom is -0.337 e. The van der Waals surface area contributed by atoms with Crippen LogP contribution in [0.4, 0.5) is 0 Å². The SMILES string of the molecule is Cc1nnsc1C(=O)N1CCCC(c2nccn2Cc2ccncc2)C1. The number of piperidine rings is 1. The molecule has 1 unspecified atom stereocenters. The average Bonchev–Trinajstić information content (AvgIpc) is 3.31. The van der Waals surface area contributed by atoms with E-state index in [0.29, 0.717) is 17.1 Å². The molecule has 0 aliphatic carbocycles. The number of aryl methyl sites for hydroxylation is 1. The Hall–Kier alpha value is -2.61. The summed E-state index contributed by atoms with van der Waals surface area (Å²) in [5, 5.41) is 3.96. The van der Waals surface area contributed by atoms with Crippen molar-refractivity contribution < 1.29 is 4.79 Å². The van der Waals surface area contributed by atoms with E-state index in [0.717, 1.165) is 31.8 Å². The summed E-state index contributed by atoms with van der Waals surface area (Å²) >= 11 is 1.18. The van der Waals surface area contributed by atoms with Crippen molar-refractivity contribution >= 4 is 17.4 Å². The van der Waals surface area contributed by atoms with Gasteiger partial charge in [-0.3, -0.25) is 9.78 Å². The van der Waals surface area contributed by atoms with Gasteiger partial charge >= 0.3 is 0 Å². The maximum atomic E-state index is 12.8. The fourth-order valence-electron chi connectivity index (χ4n) is 3.44. The van der Waals surface area contributed by atoms with Gasteiger partial charge in [0.2, 0.25) is 0 Å². The van der Waals surface area contributed by atoms with Gasteiger partial charge in [0, 0.05) is 50.3 Å². The molecule has 1 aliphatic heterocycles. The second-order valence-corrected chi connectivity index (χ2v) is 7.30. The van der Waals surface area contributed by atoms with Gasteiger partial charge in [-0.05, 0) is 49.0 Å². The van der Waals surface area contributed by atoms with Gasteiger partial charge in [0.25, 0.3) is 5.91 Å². The van der Waals surface area contributed by atoms with Crippen LogP contribution in [0, 0.1) is 6.92 Å². The highest BCUT2D eigenvalue weighted by Crippen LogP contribution is 2.28. The van der Waals surface area contributed by atoms with Gasteiger partial charge in [-0.25, -0.2) is 4.98 Å². The van der Waals surface area contributed by atoms with Crippen molar-refractivity contribution in [1.29, 1.82) is 0 Å². The Balaban J connectivity index is 1.51. The summed E-state index contributed by atoms with van der Waals surface area (Å²) in [4.78, 5) is 24.0. The van der Waals surface area contributed by atoms with Gasteiger partial charge in [0.15, 0.2) is 0 Å². The molecule has 1 saturated heterocycles. The zero-order valence-corrected chi connectivity index (χ0v) is 15.4. The summed E-state index contributed by atoms with van der Waals surface area (Å²) < 4.78 is 6.06. The van der Waals surface area contributed by atoms with E-state index >= 15 is 0 Å². The number of imidazole rings is 1. The van der Waals surface area contributed by atoms with Gasteiger partial charge in [-0.15, -0.1) is 5.10 Å². The maximum absolute atomic E-state index is 12.8. The second kappa shape index (κ2) is 7.33. The molecule has 1 amide bonds. The van der Waals surface area contributed by atoms with E-state index in [1.54, 1.807) is 12.4 Å². The van der Waals surface area contributed by atoms with Crippen LogP contribution in [0.25, 0.3) is 0 Å². The third-order valence-electron chi connectivity index (χ3n) is 4.77. The predicted octanol–water partition coefficient (Wildman–Crippen LogP) is 2.51. The smallest absolute Gasteiger partial charge is 0.267 e. The molecule has 0 aromatic carbocycles. The van der Waals surface area contributed by atoms with Crippen molar-refractivity contribution in [2.24, 2.45) is 0 Å². The maximum Gasteiger partial charge on any atom is 0.267 e. The Bertz CT molecular complexity index is 890. The quantitative estimate of drug-likeness (QED) is 0.707. The zero-order valence-electron chi connectivity index (χ0n) is 14.6. The summed E-state index contributed by atoms with van der Waals surface area (Å²) in [7, 11) is 0. The fraction of sp³-hybridized carbons (Fsp3) is 0.389. The largest absolute Gasteiger partial charge is 0.337 e. The van der Waals surface area contributed by atoms with Gasteiger partial charge in [-0.2, -0.15) is 0 Å². The van der Waals surface area contributed by atoms with Crippen LogP contribution >= 0.6 is 11.5 Å². The van der Waals surface area contributed by atoms with Crippen molar-refractivity contribution in [3.63, 3.8) is 0 Å². The first-order valence-electron chi connectivity index (χ1n) is 8.70. The molecule has 3 aromatic rings. The van der Waals surface area contributed by atoms with E-state index in [1.807, 2.05) is 36.4 Å². The number of hydrogen-bond donors (Lipinski definition) is 0. The van der Waals surface area contributed by atoms with Gasteiger partial charge in [-0.1, -0.05) is 4.49 Å². The first-order valence-corrected chi connectivity index (χ1v) is 9.48. The Morgan fingerprint density at radius 1 is 1.31 bits per heavy atom. The summed E-state index contributed by atoms with van der Waals surface area (Å²) in [5.74, 6) is 1.32. The van der Waals surface area contributed by atoms with E-state index in [9.17, 15) is 4.79 Å². The average molecular weight is 368 g/mol. The highest BCUT2D eigenvalue weighted by molar-refractivity contribution is 7.07. The third-order valence-corrected chi connectivity index (χ3v) is 5.59. The molecule has 0 spiro atoms. The number of amides is 1. The normalized spacial score (nSPS) is 17.4. The summed E-state index contributed by atoms with van der Waals surface area (Å²) in [6, 6.07) is 4.03. The van der Waals surface area contributed by atoms with Crippen LogP contribution in [0.3, 0.4) is 0 Å². The molecule has 0 radical (unpaired) electrons. The minimum absolute atomic E-state index is 0.0365. The molecule has 3 aromatic heterocycles. The molecule has 0 saturated carbocycles. The van der Waals surface area contributed by atoms with Gasteiger partial charge in [0.05, 0.1) is 5.69 Å². The Morgan fingerprint density at radius 2 is 2.15 bits per heavy atom. The van der Waals surface area contributed by atoms with E-state index in [1.165, 1.54) is 17.1 Å².